The Balaban J connectivity index is 2.14. The summed E-state index contributed by atoms with van der Waals surface area (Å²) in [6.45, 7) is 14.4. The Hall–Kier alpha value is -0.160. The van der Waals surface area contributed by atoms with E-state index in [1.165, 1.54) is 0 Å². The number of hydrogen-bond donors (Lipinski definition) is 1. The number of hydrogen-bond acceptors (Lipinski definition) is 4. The van der Waals surface area contributed by atoms with Crippen molar-refractivity contribution in [1.82, 2.24) is 4.90 Å². The number of aliphatic hydroxyl groups is 1. The highest BCUT2D eigenvalue weighted by Crippen LogP contribution is 2.35. The minimum Gasteiger partial charge on any atom is -0.393 e. The minimum absolute atomic E-state index is 0.0455. The molecule has 118 valence electrons. The van der Waals surface area contributed by atoms with Gasteiger partial charge >= 0.3 is 0 Å². The highest BCUT2D eigenvalue weighted by Gasteiger charge is 2.48. The number of rotatable bonds is 2. The lowest BCUT2D eigenvalue weighted by Crippen LogP contribution is -2.48. The maximum Gasteiger partial charge on any atom is 0.101 e. The smallest absolute Gasteiger partial charge is 0.101 e. The second-order valence-electron chi connectivity index (χ2n) is 8.20. The average Bonchev–Trinajstić information content (AvgIpc) is 2.52. The van der Waals surface area contributed by atoms with Crippen LogP contribution in [0.5, 0.6) is 0 Å². The SMILES string of the molecule is CC(C)(C)O[C@@H]1[C@H]2C[C@@H](O)CCN2C[C@H]1OC(C)(C)C. The van der Waals surface area contributed by atoms with Crippen LogP contribution in [0.15, 0.2) is 0 Å². The highest BCUT2D eigenvalue weighted by atomic mass is 16.6. The fraction of sp³-hybridized carbons (Fsp3) is 1.00. The highest BCUT2D eigenvalue weighted by molar-refractivity contribution is 5.00. The average molecular weight is 285 g/mol. The summed E-state index contributed by atoms with van der Waals surface area (Å²) in [7, 11) is 0. The maximum atomic E-state index is 9.97. The third-order valence-electron chi connectivity index (χ3n) is 3.89. The molecule has 2 fully saturated rings. The van der Waals surface area contributed by atoms with Gasteiger partial charge in [0.2, 0.25) is 0 Å². The molecule has 4 nitrogen and oxygen atoms in total. The van der Waals surface area contributed by atoms with Gasteiger partial charge in [0.05, 0.1) is 23.4 Å². The van der Waals surface area contributed by atoms with E-state index >= 15 is 0 Å². The number of piperidine rings is 1. The molecule has 0 aromatic rings. The van der Waals surface area contributed by atoms with E-state index in [-0.39, 0.29) is 35.6 Å². The Morgan fingerprint density at radius 2 is 1.60 bits per heavy atom. The summed E-state index contributed by atoms with van der Waals surface area (Å²) < 4.78 is 12.5. The lowest BCUT2D eigenvalue weighted by molar-refractivity contribution is -0.154. The first kappa shape index (κ1) is 16.2. The van der Waals surface area contributed by atoms with Crippen LogP contribution in [0.1, 0.15) is 54.4 Å². The van der Waals surface area contributed by atoms with Gasteiger partial charge in [-0.1, -0.05) is 0 Å². The van der Waals surface area contributed by atoms with Gasteiger partial charge in [-0.05, 0) is 54.4 Å². The predicted octanol–water partition coefficient (Wildman–Crippen LogP) is 2.19. The summed E-state index contributed by atoms with van der Waals surface area (Å²) in [6.07, 6.45) is 1.59. The summed E-state index contributed by atoms with van der Waals surface area (Å²) in [4.78, 5) is 2.43. The van der Waals surface area contributed by atoms with Gasteiger partial charge in [-0.2, -0.15) is 0 Å². The molecule has 0 bridgehead atoms. The second-order valence-corrected chi connectivity index (χ2v) is 8.20. The van der Waals surface area contributed by atoms with E-state index < -0.39 is 0 Å². The van der Waals surface area contributed by atoms with Crippen molar-refractivity contribution in [1.29, 1.82) is 0 Å². The van der Waals surface area contributed by atoms with Crippen molar-refractivity contribution in [2.45, 2.75) is 89.9 Å². The van der Waals surface area contributed by atoms with Crippen LogP contribution in [0.25, 0.3) is 0 Å². The molecule has 2 saturated heterocycles. The molecule has 2 aliphatic rings. The molecule has 2 rings (SSSR count). The number of aliphatic hydroxyl groups excluding tert-OH is 1. The van der Waals surface area contributed by atoms with Crippen molar-refractivity contribution >= 4 is 0 Å². The quantitative estimate of drug-likeness (QED) is 0.844. The Labute approximate surface area is 123 Å². The molecule has 4 atom stereocenters. The van der Waals surface area contributed by atoms with Crippen LogP contribution in [-0.4, -0.2) is 58.7 Å². The summed E-state index contributed by atoms with van der Waals surface area (Å²) >= 11 is 0. The number of nitrogens with zero attached hydrogens (tertiary/aromatic N) is 1. The van der Waals surface area contributed by atoms with Gasteiger partial charge in [-0.15, -0.1) is 0 Å². The van der Waals surface area contributed by atoms with E-state index in [9.17, 15) is 5.11 Å². The van der Waals surface area contributed by atoms with Crippen molar-refractivity contribution in [3.05, 3.63) is 0 Å². The molecule has 0 aliphatic carbocycles. The second kappa shape index (κ2) is 5.56. The Bertz CT molecular complexity index is 332. The molecule has 0 radical (unpaired) electrons. The lowest BCUT2D eigenvalue weighted by Gasteiger charge is -2.38. The minimum atomic E-state index is -0.198. The maximum absolute atomic E-state index is 9.97. The predicted molar refractivity (Wildman–Crippen MR) is 79.9 cm³/mol. The molecule has 0 aromatic heterocycles. The summed E-state index contributed by atoms with van der Waals surface area (Å²) in [5, 5.41) is 9.97. The molecule has 0 unspecified atom stereocenters. The molecule has 2 aliphatic heterocycles. The molecule has 0 spiro atoms. The molecule has 1 N–H and O–H groups in total. The van der Waals surface area contributed by atoms with E-state index in [0.717, 1.165) is 25.9 Å². The molecular formula is C16H31NO3. The summed E-state index contributed by atoms with van der Waals surface area (Å²) in [5.41, 5.74) is -0.361. The van der Waals surface area contributed by atoms with Gasteiger partial charge in [0.25, 0.3) is 0 Å². The van der Waals surface area contributed by atoms with Crippen LogP contribution < -0.4 is 0 Å². The molecule has 2 heterocycles. The Morgan fingerprint density at radius 3 is 2.15 bits per heavy atom. The first-order valence-corrected chi connectivity index (χ1v) is 7.83. The van der Waals surface area contributed by atoms with Crippen LogP contribution in [0.3, 0.4) is 0 Å². The molecule has 20 heavy (non-hydrogen) atoms. The van der Waals surface area contributed by atoms with E-state index in [4.69, 9.17) is 9.47 Å². The molecule has 0 amide bonds. The normalized spacial score (nSPS) is 36.1. The summed E-state index contributed by atoms with van der Waals surface area (Å²) in [5.74, 6) is 0. The zero-order chi connectivity index (χ0) is 15.1. The largest absolute Gasteiger partial charge is 0.393 e. The number of ether oxygens (including phenoxy) is 2. The Kier molecular flexibility index (Phi) is 4.51. The van der Waals surface area contributed by atoms with Crippen LogP contribution >= 0.6 is 0 Å². The zero-order valence-electron chi connectivity index (χ0n) is 13.8. The zero-order valence-corrected chi connectivity index (χ0v) is 13.8. The fourth-order valence-corrected chi connectivity index (χ4v) is 3.30. The van der Waals surface area contributed by atoms with Crippen LogP contribution in [0, 0.1) is 0 Å². The Morgan fingerprint density at radius 1 is 1.00 bits per heavy atom. The van der Waals surface area contributed by atoms with E-state index in [2.05, 4.69) is 46.4 Å². The topological polar surface area (TPSA) is 41.9 Å². The van der Waals surface area contributed by atoms with E-state index in [0.29, 0.717) is 0 Å². The van der Waals surface area contributed by atoms with Crippen LogP contribution in [-0.2, 0) is 9.47 Å². The van der Waals surface area contributed by atoms with E-state index in [1.54, 1.807) is 0 Å². The van der Waals surface area contributed by atoms with Gasteiger partial charge in [0.1, 0.15) is 6.10 Å². The molecule has 4 heteroatoms. The van der Waals surface area contributed by atoms with Gasteiger partial charge < -0.3 is 14.6 Å². The van der Waals surface area contributed by atoms with Crippen molar-refractivity contribution in [3.63, 3.8) is 0 Å². The first-order chi connectivity index (χ1) is 9.05. The fourth-order valence-electron chi connectivity index (χ4n) is 3.30. The van der Waals surface area contributed by atoms with Gasteiger partial charge in [-0.25, -0.2) is 0 Å². The standard InChI is InChI=1S/C16H31NO3/c1-15(2,3)19-13-10-17-8-7-11(18)9-12(17)14(13)20-16(4,5)6/h11-14,18H,7-10H2,1-6H3/t11-,12+,13+,14+/m0/s1. The molecule has 0 aromatic carbocycles. The van der Waals surface area contributed by atoms with Crippen LogP contribution in [0.2, 0.25) is 0 Å². The van der Waals surface area contributed by atoms with Gasteiger partial charge in [0, 0.05) is 19.1 Å². The van der Waals surface area contributed by atoms with Crippen molar-refractivity contribution < 1.29 is 14.6 Å². The summed E-state index contributed by atoms with van der Waals surface area (Å²) in [6, 6.07) is 0.283. The number of fused-ring (bicyclic) bond motifs is 1. The van der Waals surface area contributed by atoms with Gasteiger partial charge in [-0.3, -0.25) is 4.90 Å². The van der Waals surface area contributed by atoms with E-state index in [1.807, 2.05) is 0 Å². The molecule has 0 saturated carbocycles. The first-order valence-electron chi connectivity index (χ1n) is 7.83. The van der Waals surface area contributed by atoms with Crippen molar-refractivity contribution in [3.8, 4) is 0 Å². The van der Waals surface area contributed by atoms with Crippen LogP contribution in [0.4, 0.5) is 0 Å². The van der Waals surface area contributed by atoms with Gasteiger partial charge in [0.15, 0.2) is 0 Å². The monoisotopic (exact) mass is 285 g/mol. The van der Waals surface area contributed by atoms with Crippen molar-refractivity contribution in [2.24, 2.45) is 0 Å². The van der Waals surface area contributed by atoms with Crippen molar-refractivity contribution in [2.75, 3.05) is 13.1 Å². The molecular weight excluding hydrogens is 254 g/mol. The third-order valence-corrected chi connectivity index (χ3v) is 3.89. The third kappa shape index (κ3) is 4.17. The lowest BCUT2D eigenvalue weighted by atomic mass is 9.97.